The summed E-state index contributed by atoms with van der Waals surface area (Å²) < 4.78 is 4.78. The molecule has 25 heavy (non-hydrogen) atoms. The molecule has 0 spiro atoms. The van der Waals surface area contributed by atoms with E-state index in [1.165, 1.54) is 12.1 Å². The number of carbonyl (C=O) groups excluding carboxylic acids is 3. The zero-order valence-corrected chi connectivity index (χ0v) is 16.1. The molecule has 9 heteroatoms. The van der Waals surface area contributed by atoms with E-state index in [1.807, 2.05) is 13.8 Å². The van der Waals surface area contributed by atoms with E-state index in [9.17, 15) is 14.4 Å². The molecule has 0 atom stereocenters. The Balaban J connectivity index is 2.35. The topological polar surface area (TPSA) is 84.5 Å². The highest BCUT2D eigenvalue weighted by Gasteiger charge is 2.12. The zero-order valence-electron chi connectivity index (χ0n) is 13.8. The molecular weight excluding hydrogens is 391 g/mol. The van der Waals surface area contributed by atoms with Gasteiger partial charge in [-0.2, -0.15) is 0 Å². The first kappa shape index (κ1) is 21.5. The van der Waals surface area contributed by atoms with Crippen molar-refractivity contribution < 1.29 is 19.1 Å². The van der Waals surface area contributed by atoms with Crippen LogP contribution < -0.4 is 10.6 Å². The molecule has 0 aliphatic rings. The van der Waals surface area contributed by atoms with Gasteiger partial charge in [0.05, 0.1) is 20.8 Å². The number of anilines is 1. The summed E-state index contributed by atoms with van der Waals surface area (Å²) in [7, 11) is 0. The second kappa shape index (κ2) is 10.5. The Kier molecular flexibility index (Phi) is 9.03. The number of halogens is 3. The van der Waals surface area contributed by atoms with Crippen LogP contribution in [0, 0.1) is 5.92 Å². The molecule has 2 amide bonds. The number of hydrogen-bond donors (Lipinski definition) is 2. The molecule has 0 aromatic heterocycles. The zero-order chi connectivity index (χ0) is 19.0. The van der Waals surface area contributed by atoms with Crippen molar-refractivity contribution >= 4 is 58.3 Å². The minimum Gasteiger partial charge on any atom is -0.454 e. The maximum atomic E-state index is 11.8. The van der Waals surface area contributed by atoms with Crippen molar-refractivity contribution in [3.63, 3.8) is 0 Å². The van der Waals surface area contributed by atoms with E-state index >= 15 is 0 Å². The fourth-order valence-corrected chi connectivity index (χ4v) is 2.27. The van der Waals surface area contributed by atoms with Crippen molar-refractivity contribution in [2.24, 2.45) is 5.92 Å². The summed E-state index contributed by atoms with van der Waals surface area (Å²) >= 11 is 17.6. The van der Waals surface area contributed by atoms with Crippen LogP contribution in [0.15, 0.2) is 12.1 Å². The van der Waals surface area contributed by atoms with E-state index in [0.29, 0.717) is 12.3 Å². The largest absolute Gasteiger partial charge is 0.454 e. The Morgan fingerprint density at radius 1 is 1.04 bits per heavy atom. The number of carbonyl (C=O) groups is 3. The van der Waals surface area contributed by atoms with Gasteiger partial charge in [0, 0.05) is 6.42 Å². The minimum absolute atomic E-state index is 0.200. The fourth-order valence-electron chi connectivity index (χ4n) is 1.68. The lowest BCUT2D eigenvalue weighted by atomic mass is 10.1. The Morgan fingerprint density at radius 3 is 2.32 bits per heavy atom. The van der Waals surface area contributed by atoms with Gasteiger partial charge in [-0.05, 0) is 24.5 Å². The van der Waals surface area contributed by atoms with Crippen molar-refractivity contribution in [1.29, 1.82) is 0 Å². The third-order valence-electron chi connectivity index (χ3n) is 3.03. The van der Waals surface area contributed by atoms with Gasteiger partial charge in [-0.25, -0.2) is 0 Å². The van der Waals surface area contributed by atoms with Crippen molar-refractivity contribution in [3.8, 4) is 0 Å². The van der Waals surface area contributed by atoms with Gasteiger partial charge in [-0.3, -0.25) is 14.4 Å². The molecule has 138 valence electrons. The Hall–Kier alpha value is -1.50. The van der Waals surface area contributed by atoms with E-state index < -0.39 is 18.5 Å². The normalized spacial score (nSPS) is 10.5. The van der Waals surface area contributed by atoms with E-state index in [0.717, 1.165) is 6.42 Å². The number of nitrogens with one attached hydrogen (secondary N) is 2. The fraction of sp³-hybridized carbons (Fsp3) is 0.438. The molecule has 0 heterocycles. The summed E-state index contributed by atoms with van der Waals surface area (Å²) in [6, 6.07) is 2.78. The van der Waals surface area contributed by atoms with Crippen LogP contribution in [0.5, 0.6) is 0 Å². The van der Waals surface area contributed by atoms with E-state index in [2.05, 4.69) is 10.6 Å². The predicted molar refractivity (Wildman–Crippen MR) is 98.1 cm³/mol. The van der Waals surface area contributed by atoms with Gasteiger partial charge in [0.2, 0.25) is 5.91 Å². The van der Waals surface area contributed by atoms with Gasteiger partial charge in [0.1, 0.15) is 6.54 Å². The first-order valence-corrected chi connectivity index (χ1v) is 8.69. The number of amides is 2. The quantitative estimate of drug-likeness (QED) is 0.507. The number of benzene rings is 1. The summed E-state index contributed by atoms with van der Waals surface area (Å²) in [6.45, 7) is 3.19. The summed E-state index contributed by atoms with van der Waals surface area (Å²) in [4.78, 5) is 34.8. The molecule has 2 N–H and O–H groups in total. The molecule has 1 rings (SSSR count). The smallest absolute Gasteiger partial charge is 0.325 e. The predicted octanol–water partition coefficient (Wildman–Crippen LogP) is 3.68. The van der Waals surface area contributed by atoms with Crippen LogP contribution in [0.2, 0.25) is 15.1 Å². The maximum Gasteiger partial charge on any atom is 0.325 e. The van der Waals surface area contributed by atoms with Crippen LogP contribution in [0.1, 0.15) is 26.7 Å². The maximum absolute atomic E-state index is 11.8. The number of rotatable bonds is 8. The molecule has 1 aromatic carbocycles. The Bertz CT molecular complexity index is 651. The molecule has 0 aliphatic carbocycles. The van der Waals surface area contributed by atoms with Gasteiger partial charge >= 0.3 is 5.97 Å². The van der Waals surface area contributed by atoms with Crippen molar-refractivity contribution in [1.82, 2.24) is 5.32 Å². The highest BCUT2D eigenvalue weighted by atomic mass is 35.5. The molecule has 0 bridgehead atoms. The average Bonchev–Trinajstić information content (AvgIpc) is 2.54. The van der Waals surface area contributed by atoms with Crippen molar-refractivity contribution in [2.75, 3.05) is 18.5 Å². The average molecular weight is 410 g/mol. The van der Waals surface area contributed by atoms with Crippen LogP contribution in [-0.4, -0.2) is 30.9 Å². The molecule has 0 saturated carbocycles. The van der Waals surface area contributed by atoms with Gasteiger partial charge < -0.3 is 15.4 Å². The van der Waals surface area contributed by atoms with Crippen LogP contribution in [0.25, 0.3) is 0 Å². The lowest BCUT2D eigenvalue weighted by Crippen LogP contribution is -2.32. The molecule has 6 nitrogen and oxygen atoms in total. The van der Waals surface area contributed by atoms with Gasteiger partial charge in [-0.1, -0.05) is 48.7 Å². The van der Waals surface area contributed by atoms with Gasteiger partial charge in [0.15, 0.2) is 6.61 Å². The summed E-state index contributed by atoms with van der Waals surface area (Å²) in [5.41, 5.74) is 0.249. The lowest BCUT2D eigenvalue weighted by molar-refractivity contribution is -0.147. The van der Waals surface area contributed by atoms with E-state index in [1.54, 1.807) is 0 Å². The molecule has 1 aromatic rings. The first-order valence-electron chi connectivity index (χ1n) is 7.55. The number of esters is 1. The third kappa shape index (κ3) is 8.43. The molecule has 0 radical (unpaired) electrons. The summed E-state index contributed by atoms with van der Waals surface area (Å²) in [5.74, 6) is -1.15. The second-order valence-corrected chi connectivity index (χ2v) is 6.89. The highest BCUT2D eigenvalue weighted by Crippen LogP contribution is 2.32. The van der Waals surface area contributed by atoms with Crippen LogP contribution >= 0.6 is 34.8 Å². The second-order valence-electron chi connectivity index (χ2n) is 5.66. The van der Waals surface area contributed by atoms with Crippen molar-refractivity contribution in [2.45, 2.75) is 26.7 Å². The van der Waals surface area contributed by atoms with Crippen LogP contribution in [-0.2, 0) is 19.1 Å². The first-order chi connectivity index (χ1) is 11.7. The van der Waals surface area contributed by atoms with E-state index in [-0.39, 0.29) is 33.2 Å². The van der Waals surface area contributed by atoms with Gasteiger partial charge in [-0.15, -0.1) is 0 Å². The molecule has 0 fully saturated rings. The standard InChI is InChI=1S/C16H19Cl3N2O4/c1-9(2)3-4-14(22)20-7-16(24)25-8-15(23)21-13-6-11(18)10(17)5-12(13)19/h5-6,9H,3-4,7-8H2,1-2H3,(H,20,22)(H,21,23). The summed E-state index contributed by atoms with van der Waals surface area (Å²) in [6.07, 6.45) is 1.06. The van der Waals surface area contributed by atoms with Crippen molar-refractivity contribution in [3.05, 3.63) is 27.2 Å². The van der Waals surface area contributed by atoms with Crippen LogP contribution in [0.3, 0.4) is 0 Å². The molecular formula is C16H19Cl3N2O4. The Labute approximate surface area is 161 Å². The Morgan fingerprint density at radius 2 is 1.68 bits per heavy atom. The summed E-state index contributed by atoms with van der Waals surface area (Å²) in [5, 5.41) is 5.57. The van der Waals surface area contributed by atoms with Gasteiger partial charge in [0.25, 0.3) is 5.91 Å². The molecule has 0 aliphatic heterocycles. The highest BCUT2D eigenvalue weighted by molar-refractivity contribution is 6.44. The minimum atomic E-state index is -0.715. The third-order valence-corrected chi connectivity index (χ3v) is 4.06. The number of ether oxygens (including phenoxy) is 1. The lowest BCUT2D eigenvalue weighted by Gasteiger charge is -2.10. The molecule has 0 unspecified atom stereocenters. The van der Waals surface area contributed by atoms with E-state index in [4.69, 9.17) is 39.5 Å². The monoisotopic (exact) mass is 408 g/mol. The van der Waals surface area contributed by atoms with Crippen LogP contribution in [0.4, 0.5) is 5.69 Å². The SMILES string of the molecule is CC(C)CCC(=O)NCC(=O)OCC(=O)Nc1cc(Cl)c(Cl)cc1Cl. The molecule has 0 saturated heterocycles. The number of hydrogen-bond acceptors (Lipinski definition) is 4.